The number of benzene rings is 1. The van der Waals surface area contributed by atoms with Gasteiger partial charge >= 0.3 is 0 Å². The Morgan fingerprint density at radius 1 is 1.22 bits per heavy atom. The highest BCUT2D eigenvalue weighted by Crippen LogP contribution is 2.21. The number of para-hydroxylation sites is 1. The zero-order chi connectivity index (χ0) is 13.0. The third-order valence-corrected chi connectivity index (χ3v) is 2.96. The summed E-state index contributed by atoms with van der Waals surface area (Å²) in [6.07, 6.45) is 2.23. The number of anilines is 1. The summed E-state index contributed by atoms with van der Waals surface area (Å²) in [4.78, 5) is 4.09. The molecule has 0 bridgehead atoms. The lowest BCUT2D eigenvalue weighted by Crippen LogP contribution is -2.09. The van der Waals surface area contributed by atoms with E-state index in [1.54, 1.807) is 6.07 Å². The average molecular weight is 244 g/mol. The van der Waals surface area contributed by atoms with E-state index in [9.17, 15) is 4.39 Å². The quantitative estimate of drug-likeness (QED) is 0.880. The maximum Gasteiger partial charge on any atom is 0.141 e. The molecule has 1 unspecified atom stereocenters. The van der Waals surface area contributed by atoms with Crippen LogP contribution in [0.15, 0.2) is 42.6 Å². The minimum absolute atomic E-state index is 0.0540. The first kappa shape index (κ1) is 12.6. The Labute approximate surface area is 107 Å². The summed E-state index contributed by atoms with van der Waals surface area (Å²) >= 11 is 0. The molecule has 0 saturated heterocycles. The predicted molar refractivity (Wildman–Crippen MR) is 72.1 cm³/mol. The van der Waals surface area contributed by atoms with Crippen molar-refractivity contribution in [2.75, 3.05) is 5.32 Å². The average Bonchev–Trinajstić information content (AvgIpc) is 2.40. The number of halogens is 1. The summed E-state index contributed by atoms with van der Waals surface area (Å²) in [5.41, 5.74) is 3.22. The second-order valence-electron chi connectivity index (χ2n) is 4.28. The Hall–Kier alpha value is -1.90. The van der Waals surface area contributed by atoms with Gasteiger partial charge in [-0.25, -0.2) is 4.39 Å². The van der Waals surface area contributed by atoms with Gasteiger partial charge in [-0.15, -0.1) is 0 Å². The van der Waals surface area contributed by atoms with Gasteiger partial charge in [0, 0.05) is 5.69 Å². The molecule has 0 spiro atoms. The molecule has 0 amide bonds. The summed E-state index contributed by atoms with van der Waals surface area (Å²) < 4.78 is 12.8. The highest BCUT2D eigenvalue weighted by molar-refractivity contribution is 5.52. The summed E-state index contributed by atoms with van der Waals surface area (Å²) in [6, 6.07) is 11.4. The highest BCUT2D eigenvalue weighted by Gasteiger charge is 2.08. The number of pyridine rings is 1. The minimum Gasteiger partial charge on any atom is -0.377 e. The van der Waals surface area contributed by atoms with Crippen LogP contribution in [0.4, 0.5) is 10.1 Å². The first-order valence-corrected chi connectivity index (χ1v) is 6.16. The van der Waals surface area contributed by atoms with Gasteiger partial charge in [0.05, 0.1) is 17.9 Å². The van der Waals surface area contributed by atoms with Crippen LogP contribution in [0.5, 0.6) is 0 Å². The highest BCUT2D eigenvalue weighted by atomic mass is 19.1. The first-order chi connectivity index (χ1) is 8.70. The molecule has 3 heteroatoms. The molecule has 0 aliphatic carbocycles. The van der Waals surface area contributed by atoms with E-state index in [2.05, 4.69) is 29.4 Å². The van der Waals surface area contributed by atoms with Crippen molar-refractivity contribution < 1.29 is 4.39 Å². The Morgan fingerprint density at radius 2 is 2.00 bits per heavy atom. The van der Waals surface area contributed by atoms with Crippen molar-refractivity contribution in [2.24, 2.45) is 0 Å². The predicted octanol–water partition coefficient (Wildman–Crippen LogP) is 3.96. The summed E-state index contributed by atoms with van der Waals surface area (Å²) in [6.45, 7) is 4.15. The van der Waals surface area contributed by atoms with Crippen LogP contribution in [-0.2, 0) is 6.42 Å². The molecule has 18 heavy (non-hydrogen) atoms. The molecule has 2 rings (SSSR count). The third kappa shape index (κ3) is 2.86. The fourth-order valence-electron chi connectivity index (χ4n) is 1.92. The molecular formula is C15H17FN2. The van der Waals surface area contributed by atoms with Crippen LogP contribution in [0, 0.1) is 5.82 Å². The molecule has 0 aliphatic heterocycles. The topological polar surface area (TPSA) is 24.9 Å². The molecule has 0 saturated carbocycles. The lowest BCUT2D eigenvalue weighted by Gasteiger charge is -2.17. The molecular weight excluding hydrogens is 227 g/mol. The van der Waals surface area contributed by atoms with Crippen LogP contribution in [0.3, 0.4) is 0 Å². The van der Waals surface area contributed by atoms with Crippen LogP contribution in [-0.4, -0.2) is 4.98 Å². The number of nitrogens with zero attached hydrogens (tertiary/aromatic N) is 1. The van der Waals surface area contributed by atoms with Gasteiger partial charge < -0.3 is 5.32 Å². The van der Waals surface area contributed by atoms with Gasteiger partial charge in [-0.1, -0.05) is 25.1 Å². The number of aromatic nitrogens is 1. The molecule has 2 nitrogen and oxygen atoms in total. The molecule has 0 aliphatic rings. The number of hydrogen-bond donors (Lipinski definition) is 1. The van der Waals surface area contributed by atoms with Crippen molar-refractivity contribution in [2.45, 2.75) is 26.3 Å². The maximum absolute atomic E-state index is 12.8. The molecule has 94 valence electrons. The second-order valence-corrected chi connectivity index (χ2v) is 4.28. The van der Waals surface area contributed by atoms with Gasteiger partial charge in [0.1, 0.15) is 5.82 Å². The van der Waals surface area contributed by atoms with Crippen molar-refractivity contribution in [3.8, 4) is 0 Å². The van der Waals surface area contributed by atoms with Gasteiger partial charge in [-0.2, -0.15) is 0 Å². The van der Waals surface area contributed by atoms with E-state index in [0.29, 0.717) is 0 Å². The normalized spacial score (nSPS) is 12.2. The molecule has 0 fully saturated rings. The van der Waals surface area contributed by atoms with Crippen molar-refractivity contribution in [3.63, 3.8) is 0 Å². The van der Waals surface area contributed by atoms with Gasteiger partial charge in [0.15, 0.2) is 0 Å². The Morgan fingerprint density at radius 3 is 2.67 bits per heavy atom. The van der Waals surface area contributed by atoms with E-state index in [-0.39, 0.29) is 11.9 Å². The monoisotopic (exact) mass is 244 g/mol. The van der Waals surface area contributed by atoms with E-state index < -0.39 is 0 Å². The smallest absolute Gasteiger partial charge is 0.141 e. The largest absolute Gasteiger partial charge is 0.377 e. The number of aryl methyl sites for hydroxylation is 1. The standard InChI is InChI=1S/C15H17FN2/c1-3-12-6-4-5-7-15(12)18-11(2)14-9-8-13(16)10-17-14/h4-11,18H,3H2,1-2H3. The Balaban J connectivity index is 2.15. The molecule has 1 aromatic heterocycles. The fourth-order valence-corrected chi connectivity index (χ4v) is 1.92. The van der Waals surface area contributed by atoms with Gasteiger partial charge in [-0.3, -0.25) is 4.98 Å². The zero-order valence-electron chi connectivity index (χ0n) is 10.7. The fraction of sp³-hybridized carbons (Fsp3) is 0.267. The van der Waals surface area contributed by atoms with Crippen LogP contribution < -0.4 is 5.32 Å². The van der Waals surface area contributed by atoms with E-state index in [1.165, 1.54) is 17.8 Å². The maximum atomic E-state index is 12.8. The molecule has 1 atom stereocenters. The van der Waals surface area contributed by atoms with E-state index >= 15 is 0 Å². The SMILES string of the molecule is CCc1ccccc1NC(C)c1ccc(F)cn1. The summed E-state index contributed by atoms with van der Waals surface area (Å²) in [5, 5.41) is 3.41. The third-order valence-electron chi connectivity index (χ3n) is 2.96. The van der Waals surface area contributed by atoms with Crippen LogP contribution >= 0.6 is 0 Å². The molecule has 1 N–H and O–H groups in total. The lowest BCUT2D eigenvalue weighted by atomic mass is 10.1. The number of rotatable bonds is 4. The zero-order valence-corrected chi connectivity index (χ0v) is 10.7. The first-order valence-electron chi connectivity index (χ1n) is 6.16. The van der Waals surface area contributed by atoms with Crippen LogP contribution in [0.1, 0.15) is 31.1 Å². The lowest BCUT2D eigenvalue weighted by molar-refractivity contribution is 0.617. The molecule has 2 aromatic rings. The van der Waals surface area contributed by atoms with Gasteiger partial charge in [-0.05, 0) is 37.1 Å². The van der Waals surface area contributed by atoms with E-state index in [4.69, 9.17) is 0 Å². The Kier molecular flexibility index (Phi) is 3.92. The van der Waals surface area contributed by atoms with Crippen molar-refractivity contribution in [1.82, 2.24) is 4.98 Å². The summed E-state index contributed by atoms with van der Waals surface area (Å²) in [7, 11) is 0. The molecule has 1 aromatic carbocycles. The van der Waals surface area contributed by atoms with Crippen molar-refractivity contribution in [1.29, 1.82) is 0 Å². The van der Waals surface area contributed by atoms with Crippen molar-refractivity contribution >= 4 is 5.69 Å². The van der Waals surface area contributed by atoms with Crippen molar-refractivity contribution in [3.05, 3.63) is 59.7 Å². The number of hydrogen-bond acceptors (Lipinski definition) is 2. The number of nitrogens with one attached hydrogen (secondary N) is 1. The van der Waals surface area contributed by atoms with E-state index in [1.807, 2.05) is 19.1 Å². The van der Waals surface area contributed by atoms with Gasteiger partial charge in [0.2, 0.25) is 0 Å². The molecule has 0 radical (unpaired) electrons. The molecule has 1 heterocycles. The van der Waals surface area contributed by atoms with Crippen LogP contribution in [0.25, 0.3) is 0 Å². The second kappa shape index (κ2) is 5.63. The minimum atomic E-state index is -0.306. The van der Waals surface area contributed by atoms with Gasteiger partial charge in [0.25, 0.3) is 0 Å². The van der Waals surface area contributed by atoms with E-state index in [0.717, 1.165) is 17.8 Å². The van der Waals surface area contributed by atoms with Crippen LogP contribution in [0.2, 0.25) is 0 Å². The summed E-state index contributed by atoms with van der Waals surface area (Å²) in [5.74, 6) is -0.306. The Bertz CT molecular complexity index is 508.